The minimum Gasteiger partial charge on any atom is -0.447 e. The Morgan fingerprint density at radius 2 is 1.89 bits per heavy atom. The molecule has 0 aliphatic heterocycles. The lowest BCUT2D eigenvalue weighted by Gasteiger charge is -2.18. The Labute approximate surface area is 157 Å². The molecule has 0 radical (unpaired) electrons. The van der Waals surface area contributed by atoms with Crippen LogP contribution in [-0.4, -0.2) is 16.8 Å². The van der Waals surface area contributed by atoms with Crippen molar-refractivity contribution in [1.29, 1.82) is 0 Å². The van der Waals surface area contributed by atoms with Crippen molar-refractivity contribution in [2.45, 2.75) is 39.2 Å². The van der Waals surface area contributed by atoms with Gasteiger partial charge >= 0.3 is 5.97 Å². The van der Waals surface area contributed by atoms with Crippen LogP contribution in [0.1, 0.15) is 43.4 Å². The standard InChI is InChI=1S/C20H22N2O5/c1-3-4-10-18(23)27-19(15-8-6-5-7-9-15)20(24)21-16-12-11-14(2)13-17(16)22(25)26/h5-9,11-13,19H,3-4,10H2,1-2H3,(H,21,24). The molecule has 1 unspecified atom stereocenters. The lowest BCUT2D eigenvalue weighted by atomic mass is 10.1. The number of rotatable bonds is 8. The molecule has 1 amide bonds. The monoisotopic (exact) mass is 370 g/mol. The van der Waals surface area contributed by atoms with E-state index >= 15 is 0 Å². The van der Waals surface area contributed by atoms with Crippen LogP contribution in [0.4, 0.5) is 11.4 Å². The molecule has 0 bridgehead atoms. The fourth-order valence-corrected chi connectivity index (χ4v) is 2.51. The third kappa shape index (κ3) is 5.64. The summed E-state index contributed by atoms with van der Waals surface area (Å²) in [6.07, 6.45) is 0.507. The first-order chi connectivity index (χ1) is 12.9. The van der Waals surface area contributed by atoms with Crippen LogP contribution >= 0.6 is 0 Å². The van der Waals surface area contributed by atoms with Crippen LogP contribution in [0.15, 0.2) is 48.5 Å². The molecule has 142 valence electrons. The number of nitro groups is 1. The molecule has 27 heavy (non-hydrogen) atoms. The molecule has 0 aliphatic rings. The minimum atomic E-state index is -1.18. The SMILES string of the molecule is CCCCC(=O)OC(C(=O)Nc1ccc(C)cc1[N+](=O)[O-])c1ccccc1. The average Bonchev–Trinajstić information content (AvgIpc) is 2.66. The van der Waals surface area contributed by atoms with Gasteiger partial charge in [0.25, 0.3) is 11.6 Å². The number of carbonyl (C=O) groups excluding carboxylic acids is 2. The lowest BCUT2D eigenvalue weighted by molar-refractivity contribution is -0.384. The maximum atomic E-state index is 12.8. The summed E-state index contributed by atoms with van der Waals surface area (Å²) in [6.45, 7) is 3.67. The number of nitrogens with zero attached hydrogens (tertiary/aromatic N) is 1. The van der Waals surface area contributed by atoms with E-state index in [-0.39, 0.29) is 17.8 Å². The second kappa shape index (κ2) is 9.47. The van der Waals surface area contributed by atoms with Gasteiger partial charge in [-0.15, -0.1) is 0 Å². The number of benzene rings is 2. The fourth-order valence-electron chi connectivity index (χ4n) is 2.51. The first-order valence-electron chi connectivity index (χ1n) is 8.72. The highest BCUT2D eigenvalue weighted by Gasteiger charge is 2.27. The Kier molecular flexibility index (Phi) is 7.05. The third-order valence-corrected chi connectivity index (χ3v) is 3.93. The summed E-state index contributed by atoms with van der Waals surface area (Å²) in [7, 11) is 0. The van der Waals surface area contributed by atoms with Crippen LogP contribution in [0.25, 0.3) is 0 Å². The molecule has 0 saturated heterocycles. The Morgan fingerprint density at radius 3 is 2.52 bits per heavy atom. The van der Waals surface area contributed by atoms with Gasteiger partial charge in [-0.2, -0.15) is 0 Å². The van der Waals surface area contributed by atoms with Gasteiger partial charge in [0.15, 0.2) is 0 Å². The van der Waals surface area contributed by atoms with E-state index in [2.05, 4.69) is 5.32 Å². The van der Waals surface area contributed by atoms with Crippen molar-refractivity contribution in [2.75, 3.05) is 5.32 Å². The van der Waals surface area contributed by atoms with E-state index in [4.69, 9.17) is 4.74 Å². The summed E-state index contributed by atoms with van der Waals surface area (Å²) in [5.74, 6) is -1.13. The predicted molar refractivity (Wildman–Crippen MR) is 101 cm³/mol. The lowest BCUT2D eigenvalue weighted by Crippen LogP contribution is -2.26. The number of anilines is 1. The first-order valence-corrected chi connectivity index (χ1v) is 8.72. The van der Waals surface area contributed by atoms with Crippen molar-refractivity contribution in [3.8, 4) is 0 Å². The molecule has 1 N–H and O–H groups in total. The number of ether oxygens (including phenoxy) is 1. The molecule has 0 aliphatic carbocycles. The van der Waals surface area contributed by atoms with Crippen molar-refractivity contribution < 1.29 is 19.2 Å². The van der Waals surface area contributed by atoms with Crippen molar-refractivity contribution >= 4 is 23.3 Å². The second-order valence-electron chi connectivity index (χ2n) is 6.15. The second-order valence-corrected chi connectivity index (χ2v) is 6.15. The largest absolute Gasteiger partial charge is 0.447 e. The smallest absolute Gasteiger partial charge is 0.306 e. The maximum Gasteiger partial charge on any atom is 0.306 e. The normalized spacial score (nSPS) is 11.5. The highest BCUT2D eigenvalue weighted by molar-refractivity contribution is 5.97. The van der Waals surface area contributed by atoms with E-state index in [0.717, 1.165) is 6.42 Å². The molecule has 0 fully saturated rings. The molecular weight excluding hydrogens is 348 g/mol. The van der Waals surface area contributed by atoms with E-state index in [1.165, 1.54) is 12.1 Å². The zero-order chi connectivity index (χ0) is 19.8. The van der Waals surface area contributed by atoms with E-state index in [0.29, 0.717) is 17.5 Å². The highest BCUT2D eigenvalue weighted by atomic mass is 16.6. The van der Waals surface area contributed by atoms with Gasteiger partial charge in [-0.1, -0.05) is 49.7 Å². The molecule has 1 atom stereocenters. The number of carbonyl (C=O) groups is 2. The number of hydrogen-bond acceptors (Lipinski definition) is 5. The summed E-state index contributed by atoms with van der Waals surface area (Å²) in [6, 6.07) is 13.1. The van der Waals surface area contributed by atoms with Gasteiger partial charge in [-0.25, -0.2) is 0 Å². The van der Waals surface area contributed by atoms with E-state index in [1.807, 2.05) is 6.92 Å². The Hall–Kier alpha value is -3.22. The molecule has 2 rings (SSSR count). The number of esters is 1. The Balaban J connectivity index is 2.26. The summed E-state index contributed by atoms with van der Waals surface area (Å²) >= 11 is 0. The molecule has 7 heteroatoms. The predicted octanol–water partition coefficient (Wildman–Crippen LogP) is 4.32. The van der Waals surface area contributed by atoms with Crippen LogP contribution in [0.5, 0.6) is 0 Å². The van der Waals surface area contributed by atoms with Crippen LogP contribution < -0.4 is 5.32 Å². The van der Waals surface area contributed by atoms with Crippen LogP contribution in [0, 0.1) is 17.0 Å². The van der Waals surface area contributed by atoms with E-state index in [1.54, 1.807) is 43.3 Å². The van der Waals surface area contributed by atoms with Gasteiger partial charge in [-0.05, 0) is 25.0 Å². The summed E-state index contributed by atoms with van der Waals surface area (Å²) in [5.41, 5.74) is 1.04. The van der Waals surface area contributed by atoms with Crippen LogP contribution in [0.3, 0.4) is 0 Å². The Bertz CT molecular complexity index is 820. The molecule has 0 aromatic heterocycles. The molecule has 0 spiro atoms. The number of unbranched alkanes of at least 4 members (excludes halogenated alkanes) is 1. The van der Waals surface area contributed by atoms with Gasteiger partial charge in [-0.3, -0.25) is 19.7 Å². The van der Waals surface area contributed by atoms with Gasteiger partial charge in [0.1, 0.15) is 5.69 Å². The fraction of sp³-hybridized carbons (Fsp3) is 0.300. The number of amides is 1. The zero-order valence-corrected chi connectivity index (χ0v) is 15.3. The summed E-state index contributed by atoms with van der Waals surface area (Å²) < 4.78 is 5.38. The number of hydrogen-bond donors (Lipinski definition) is 1. The van der Waals surface area contributed by atoms with Crippen molar-refractivity contribution in [2.24, 2.45) is 0 Å². The third-order valence-electron chi connectivity index (χ3n) is 3.93. The molecule has 2 aromatic carbocycles. The summed E-state index contributed by atoms with van der Waals surface area (Å²) in [4.78, 5) is 35.5. The van der Waals surface area contributed by atoms with E-state index in [9.17, 15) is 19.7 Å². The van der Waals surface area contributed by atoms with E-state index < -0.39 is 22.9 Å². The topological polar surface area (TPSA) is 98.5 Å². The molecule has 0 saturated carbocycles. The van der Waals surface area contributed by atoms with Crippen LogP contribution in [0.2, 0.25) is 0 Å². The molecular formula is C20H22N2O5. The van der Waals surface area contributed by atoms with Gasteiger partial charge in [0.2, 0.25) is 6.10 Å². The highest BCUT2D eigenvalue weighted by Crippen LogP contribution is 2.28. The number of nitro benzene ring substituents is 1. The zero-order valence-electron chi connectivity index (χ0n) is 15.3. The maximum absolute atomic E-state index is 12.8. The molecule has 7 nitrogen and oxygen atoms in total. The molecule has 2 aromatic rings. The minimum absolute atomic E-state index is 0.0566. The molecule has 0 heterocycles. The average molecular weight is 370 g/mol. The van der Waals surface area contributed by atoms with Crippen molar-refractivity contribution in [1.82, 2.24) is 0 Å². The number of nitrogens with one attached hydrogen (secondary N) is 1. The number of aryl methyl sites for hydroxylation is 1. The first kappa shape index (κ1) is 20.1. The van der Waals surface area contributed by atoms with Crippen molar-refractivity contribution in [3.05, 3.63) is 69.8 Å². The van der Waals surface area contributed by atoms with Gasteiger partial charge in [0, 0.05) is 18.1 Å². The Morgan fingerprint density at radius 1 is 1.19 bits per heavy atom. The quantitative estimate of drug-likeness (QED) is 0.424. The summed E-state index contributed by atoms with van der Waals surface area (Å²) in [5, 5.41) is 13.8. The van der Waals surface area contributed by atoms with Gasteiger partial charge in [0.05, 0.1) is 4.92 Å². The van der Waals surface area contributed by atoms with Crippen molar-refractivity contribution in [3.63, 3.8) is 0 Å². The van der Waals surface area contributed by atoms with Gasteiger partial charge < -0.3 is 10.1 Å². The van der Waals surface area contributed by atoms with Crippen LogP contribution in [-0.2, 0) is 14.3 Å².